The lowest BCUT2D eigenvalue weighted by atomic mass is 10.1. The van der Waals surface area contributed by atoms with Crippen LogP contribution >= 0.6 is 11.6 Å². The van der Waals surface area contributed by atoms with Crippen LogP contribution in [0.4, 0.5) is 10.1 Å². The van der Waals surface area contributed by atoms with Gasteiger partial charge in [0.1, 0.15) is 5.82 Å². The largest absolute Gasteiger partial charge is 0.294 e. The van der Waals surface area contributed by atoms with Crippen molar-refractivity contribution in [3.8, 4) is 5.82 Å². The minimum absolute atomic E-state index is 0.176. The molecule has 2 N–H and O–H groups in total. The van der Waals surface area contributed by atoms with E-state index in [4.69, 9.17) is 11.6 Å². The maximum Gasteiger partial charge on any atom is 0.276 e. The van der Waals surface area contributed by atoms with Gasteiger partial charge in [0.05, 0.1) is 21.8 Å². The number of halogens is 2. The molecule has 0 unspecified atom stereocenters. The number of benzene rings is 2. The van der Waals surface area contributed by atoms with Crippen LogP contribution in [0.5, 0.6) is 0 Å². The second-order valence-corrected chi connectivity index (χ2v) is 9.19. The molecule has 0 aliphatic heterocycles. The van der Waals surface area contributed by atoms with Crippen molar-refractivity contribution in [3.05, 3.63) is 105 Å². The zero-order chi connectivity index (χ0) is 22.9. The fourth-order valence-corrected chi connectivity index (χ4v) is 4.50. The number of rotatable bonds is 6. The van der Waals surface area contributed by atoms with Gasteiger partial charge in [-0.3, -0.25) is 14.6 Å². The SMILES string of the molecule is Cc1[nH]n(-c2ccc(NS(=O)(=O)c3ccc(F)c(Cl)c3)cn2)c(=O)c1Cc1ccccc1. The first-order chi connectivity index (χ1) is 15.2. The molecule has 0 spiro atoms. The van der Waals surface area contributed by atoms with Crippen LogP contribution in [-0.4, -0.2) is 23.2 Å². The molecule has 4 rings (SSSR count). The van der Waals surface area contributed by atoms with Crippen molar-refractivity contribution < 1.29 is 12.8 Å². The molecule has 4 aromatic rings. The number of aromatic nitrogens is 3. The normalized spacial score (nSPS) is 11.5. The zero-order valence-corrected chi connectivity index (χ0v) is 18.4. The second-order valence-electron chi connectivity index (χ2n) is 7.10. The predicted molar refractivity (Wildman–Crippen MR) is 120 cm³/mol. The maximum atomic E-state index is 13.3. The van der Waals surface area contributed by atoms with E-state index in [1.807, 2.05) is 37.3 Å². The van der Waals surface area contributed by atoms with Crippen LogP contribution in [0.15, 0.2) is 76.6 Å². The van der Waals surface area contributed by atoms with Gasteiger partial charge in [-0.2, -0.15) is 0 Å². The molecule has 0 aliphatic rings. The lowest BCUT2D eigenvalue weighted by molar-refractivity contribution is 0.599. The minimum Gasteiger partial charge on any atom is -0.294 e. The Balaban J connectivity index is 1.57. The van der Waals surface area contributed by atoms with E-state index in [1.54, 1.807) is 0 Å². The van der Waals surface area contributed by atoms with Crippen molar-refractivity contribution in [3.63, 3.8) is 0 Å². The summed E-state index contributed by atoms with van der Waals surface area (Å²) >= 11 is 5.68. The smallest absolute Gasteiger partial charge is 0.276 e. The lowest BCUT2D eigenvalue weighted by Crippen LogP contribution is -2.19. The van der Waals surface area contributed by atoms with Crippen LogP contribution in [0.3, 0.4) is 0 Å². The first kappa shape index (κ1) is 21.8. The Morgan fingerprint density at radius 1 is 1.12 bits per heavy atom. The van der Waals surface area contributed by atoms with Crippen molar-refractivity contribution in [1.29, 1.82) is 0 Å². The Labute approximate surface area is 188 Å². The third-order valence-corrected chi connectivity index (χ3v) is 6.52. The van der Waals surface area contributed by atoms with Crippen LogP contribution in [0.25, 0.3) is 5.82 Å². The van der Waals surface area contributed by atoms with Crippen molar-refractivity contribution in [2.24, 2.45) is 0 Å². The monoisotopic (exact) mass is 472 g/mol. The third-order valence-electron chi connectivity index (χ3n) is 4.85. The molecule has 0 radical (unpaired) electrons. The number of H-pyrrole nitrogens is 1. The molecule has 0 amide bonds. The van der Waals surface area contributed by atoms with Gasteiger partial charge in [-0.05, 0) is 42.8 Å². The van der Waals surface area contributed by atoms with Crippen LogP contribution in [-0.2, 0) is 16.4 Å². The standard InChI is InChI=1S/C22H18ClFN4O3S/c1-14-18(11-15-5-3-2-4-6-15)22(29)28(26-14)21-10-7-16(13-25-21)27-32(30,31)17-8-9-20(24)19(23)12-17/h2-10,12-13,26-27H,11H2,1H3. The summed E-state index contributed by atoms with van der Waals surface area (Å²) in [6, 6.07) is 15.7. The van der Waals surface area contributed by atoms with Gasteiger partial charge in [0.25, 0.3) is 15.6 Å². The molecule has 0 atom stereocenters. The Morgan fingerprint density at radius 3 is 2.53 bits per heavy atom. The highest BCUT2D eigenvalue weighted by Crippen LogP contribution is 2.22. The van der Waals surface area contributed by atoms with E-state index in [2.05, 4.69) is 14.8 Å². The summed E-state index contributed by atoms with van der Waals surface area (Å²) in [7, 11) is -3.99. The van der Waals surface area contributed by atoms with Crippen LogP contribution in [0.2, 0.25) is 5.02 Å². The van der Waals surface area contributed by atoms with Crippen LogP contribution < -0.4 is 10.3 Å². The van der Waals surface area contributed by atoms with Crippen molar-refractivity contribution in [1.82, 2.24) is 14.8 Å². The number of aromatic amines is 1. The number of anilines is 1. The Morgan fingerprint density at radius 2 is 1.88 bits per heavy atom. The Bertz CT molecular complexity index is 1430. The molecule has 2 heterocycles. The van der Waals surface area contributed by atoms with Gasteiger partial charge in [-0.1, -0.05) is 41.9 Å². The second kappa shape index (κ2) is 8.60. The average Bonchev–Trinajstić information content (AvgIpc) is 3.05. The average molecular weight is 473 g/mol. The van der Waals surface area contributed by atoms with Gasteiger partial charge >= 0.3 is 0 Å². The zero-order valence-electron chi connectivity index (χ0n) is 16.8. The van der Waals surface area contributed by atoms with E-state index in [-0.39, 0.29) is 21.2 Å². The fraction of sp³-hybridized carbons (Fsp3) is 0.0909. The van der Waals surface area contributed by atoms with E-state index < -0.39 is 15.8 Å². The maximum absolute atomic E-state index is 13.3. The van der Waals surface area contributed by atoms with Gasteiger partial charge < -0.3 is 0 Å². The van der Waals surface area contributed by atoms with E-state index >= 15 is 0 Å². The van der Waals surface area contributed by atoms with E-state index in [0.717, 1.165) is 29.5 Å². The Kier molecular flexibility index (Phi) is 5.86. The summed E-state index contributed by atoms with van der Waals surface area (Å²) in [4.78, 5) is 16.9. The third kappa shape index (κ3) is 4.44. The quantitative estimate of drug-likeness (QED) is 0.442. The summed E-state index contributed by atoms with van der Waals surface area (Å²) in [5.74, 6) is -0.403. The number of nitrogens with zero attached hydrogens (tertiary/aromatic N) is 2. The molecule has 7 nitrogen and oxygen atoms in total. The molecular weight excluding hydrogens is 455 g/mol. The van der Waals surface area contributed by atoms with Gasteiger partial charge in [0, 0.05) is 17.7 Å². The van der Waals surface area contributed by atoms with Crippen LogP contribution in [0.1, 0.15) is 16.8 Å². The van der Waals surface area contributed by atoms with Crippen LogP contribution in [0, 0.1) is 12.7 Å². The van der Waals surface area contributed by atoms with Gasteiger partial charge in [-0.25, -0.2) is 22.5 Å². The molecule has 0 aliphatic carbocycles. The number of hydrogen-bond donors (Lipinski definition) is 2. The number of sulfonamides is 1. The number of aryl methyl sites for hydroxylation is 1. The van der Waals surface area contributed by atoms with Gasteiger partial charge in [0.2, 0.25) is 0 Å². The molecule has 0 saturated carbocycles. The lowest BCUT2D eigenvalue weighted by Gasteiger charge is -2.09. The summed E-state index contributed by atoms with van der Waals surface area (Å²) in [6.45, 7) is 1.81. The molecule has 2 aromatic carbocycles. The van der Waals surface area contributed by atoms with Gasteiger partial charge in [0.15, 0.2) is 5.82 Å². The van der Waals surface area contributed by atoms with E-state index in [0.29, 0.717) is 17.8 Å². The highest BCUT2D eigenvalue weighted by molar-refractivity contribution is 7.92. The molecular formula is C22H18ClFN4O3S. The van der Waals surface area contributed by atoms with Crippen molar-refractivity contribution in [2.45, 2.75) is 18.2 Å². The number of nitrogens with one attached hydrogen (secondary N) is 2. The Hall–Kier alpha value is -3.43. The van der Waals surface area contributed by atoms with Crippen molar-refractivity contribution in [2.75, 3.05) is 4.72 Å². The van der Waals surface area contributed by atoms with Gasteiger partial charge in [-0.15, -0.1) is 0 Å². The molecule has 32 heavy (non-hydrogen) atoms. The molecule has 0 bridgehead atoms. The number of pyridine rings is 1. The topological polar surface area (TPSA) is 96.8 Å². The molecule has 0 saturated heterocycles. The predicted octanol–water partition coefficient (Wildman–Crippen LogP) is 4.05. The number of hydrogen-bond acceptors (Lipinski definition) is 4. The van der Waals surface area contributed by atoms with E-state index in [1.165, 1.54) is 23.0 Å². The van der Waals surface area contributed by atoms with E-state index in [9.17, 15) is 17.6 Å². The fourth-order valence-electron chi connectivity index (χ4n) is 3.19. The summed E-state index contributed by atoms with van der Waals surface area (Å²) in [6.07, 6.45) is 1.77. The summed E-state index contributed by atoms with van der Waals surface area (Å²) < 4.78 is 42.0. The van der Waals surface area contributed by atoms with Crippen molar-refractivity contribution >= 4 is 27.3 Å². The minimum atomic E-state index is -3.99. The first-order valence-electron chi connectivity index (χ1n) is 9.53. The molecule has 2 aromatic heterocycles. The highest BCUT2D eigenvalue weighted by Gasteiger charge is 2.17. The first-order valence-corrected chi connectivity index (χ1v) is 11.4. The highest BCUT2D eigenvalue weighted by atomic mass is 35.5. The molecule has 0 fully saturated rings. The summed E-state index contributed by atoms with van der Waals surface area (Å²) in [5.41, 5.74) is 2.30. The summed E-state index contributed by atoms with van der Waals surface area (Å²) in [5, 5.41) is 2.71. The molecule has 10 heteroatoms. The molecule has 164 valence electrons.